The first kappa shape index (κ1) is 15.2. The van der Waals surface area contributed by atoms with Gasteiger partial charge in [-0.3, -0.25) is 19.6 Å². The molecule has 22 heavy (non-hydrogen) atoms. The largest absolute Gasteiger partial charge is 0.343 e. The van der Waals surface area contributed by atoms with Gasteiger partial charge in [0.15, 0.2) is 0 Å². The maximum Gasteiger partial charge on any atom is 0.244 e. The lowest BCUT2D eigenvalue weighted by Crippen LogP contribution is -2.66. The van der Waals surface area contributed by atoms with Gasteiger partial charge in [0.25, 0.3) is 0 Å². The van der Waals surface area contributed by atoms with Gasteiger partial charge in [-0.25, -0.2) is 0 Å². The molecule has 2 aliphatic heterocycles. The first-order valence-electron chi connectivity index (χ1n) is 7.89. The predicted molar refractivity (Wildman–Crippen MR) is 86.3 cm³/mol. The Bertz CT molecular complexity index is 547. The van der Waals surface area contributed by atoms with E-state index in [-0.39, 0.29) is 11.4 Å². The first-order valence-corrected chi connectivity index (χ1v) is 7.89. The maximum atomic E-state index is 12.8. The highest BCUT2D eigenvalue weighted by Gasteiger charge is 2.51. The minimum Gasteiger partial charge on any atom is -0.343 e. The van der Waals surface area contributed by atoms with Gasteiger partial charge in [-0.05, 0) is 18.6 Å². The van der Waals surface area contributed by atoms with Crippen molar-refractivity contribution in [3.05, 3.63) is 42.7 Å². The summed E-state index contributed by atoms with van der Waals surface area (Å²) in [7, 11) is 1.91. The summed E-state index contributed by atoms with van der Waals surface area (Å²) in [4.78, 5) is 23.8. The normalized spacial score (nSPS) is 26.8. The zero-order chi connectivity index (χ0) is 15.6. The first-order chi connectivity index (χ1) is 10.7. The minimum atomic E-state index is -0.379. The molecular formula is C17H24N4O. The molecule has 3 heterocycles. The van der Waals surface area contributed by atoms with Crippen molar-refractivity contribution in [1.29, 1.82) is 0 Å². The molecule has 1 atom stereocenters. The molecule has 0 radical (unpaired) electrons. The molecule has 3 rings (SSSR count). The van der Waals surface area contributed by atoms with Crippen LogP contribution in [0.15, 0.2) is 37.1 Å². The number of piperazine rings is 1. The smallest absolute Gasteiger partial charge is 0.244 e. The Labute approximate surface area is 132 Å². The lowest BCUT2D eigenvalue weighted by atomic mass is 9.91. The van der Waals surface area contributed by atoms with Crippen LogP contribution in [0.3, 0.4) is 0 Å². The Balaban J connectivity index is 1.76. The lowest BCUT2D eigenvalue weighted by molar-refractivity contribution is -0.148. The van der Waals surface area contributed by atoms with Crippen molar-refractivity contribution >= 4 is 5.91 Å². The van der Waals surface area contributed by atoms with E-state index < -0.39 is 0 Å². The average molecular weight is 300 g/mol. The molecule has 2 aliphatic rings. The van der Waals surface area contributed by atoms with E-state index in [0.29, 0.717) is 0 Å². The van der Waals surface area contributed by atoms with Gasteiger partial charge in [0.1, 0.15) is 5.54 Å². The Morgan fingerprint density at radius 1 is 1.36 bits per heavy atom. The van der Waals surface area contributed by atoms with E-state index in [1.807, 2.05) is 42.4 Å². The molecule has 0 aliphatic carbocycles. The number of likely N-dealkylation sites (tertiary alicyclic amines) is 1. The fourth-order valence-corrected chi connectivity index (χ4v) is 3.66. The Hall–Kier alpha value is -1.72. The SMILES string of the molecule is C=CCN1CCN(C)C(=O)C12CCN(Cc1ccccn1)C2. The van der Waals surface area contributed by atoms with Gasteiger partial charge < -0.3 is 4.90 Å². The molecule has 0 N–H and O–H groups in total. The number of carbonyl (C=O) groups excluding carboxylic acids is 1. The molecule has 1 aromatic rings. The molecule has 0 aromatic carbocycles. The number of hydrogen-bond acceptors (Lipinski definition) is 4. The summed E-state index contributed by atoms with van der Waals surface area (Å²) in [5, 5.41) is 0. The van der Waals surface area contributed by atoms with Crippen LogP contribution in [-0.4, -0.2) is 70.9 Å². The third-order valence-electron chi connectivity index (χ3n) is 4.84. The van der Waals surface area contributed by atoms with Crippen molar-refractivity contribution < 1.29 is 4.79 Å². The minimum absolute atomic E-state index is 0.254. The third kappa shape index (κ3) is 2.66. The van der Waals surface area contributed by atoms with Crippen molar-refractivity contribution in [2.24, 2.45) is 0 Å². The van der Waals surface area contributed by atoms with E-state index >= 15 is 0 Å². The van der Waals surface area contributed by atoms with Crippen LogP contribution in [-0.2, 0) is 11.3 Å². The summed E-state index contributed by atoms with van der Waals surface area (Å²) in [6, 6.07) is 5.99. The van der Waals surface area contributed by atoms with E-state index in [1.165, 1.54) is 0 Å². The van der Waals surface area contributed by atoms with Crippen molar-refractivity contribution in [3.63, 3.8) is 0 Å². The van der Waals surface area contributed by atoms with Gasteiger partial charge in [-0.1, -0.05) is 12.1 Å². The van der Waals surface area contributed by atoms with Gasteiger partial charge in [0, 0.05) is 52.5 Å². The highest BCUT2D eigenvalue weighted by molar-refractivity contribution is 5.87. The fraction of sp³-hybridized carbons (Fsp3) is 0.529. The molecule has 5 nitrogen and oxygen atoms in total. The van der Waals surface area contributed by atoms with Gasteiger partial charge in [-0.2, -0.15) is 0 Å². The van der Waals surface area contributed by atoms with E-state index in [9.17, 15) is 4.79 Å². The van der Waals surface area contributed by atoms with Gasteiger partial charge >= 0.3 is 0 Å². The summed E-state index contributed by atoms with van der Waals surface area (Å²) >= 11 is 0. The summed E-state index contributed by atoms with van der Waals surface area (Å²) in [6.45, 7) is 8.87. The molecule has 1 amide bonds. The fourth-order valence-electron chi connectivity index (χ4n) is 3.66. The number of amides is 1. The van der Waals surface area contributed by atoms with Gasteiger partial charge in [0.05, 0.1) is 5.69 Å². The predicted octanol–water partition coefficient (Wildman–Crippen LogP) is 0.986. The van der Waals surface area contributed by atoms with Crippen LogP contribution in [0.4, 0.5) is 0 Å². The molecule has 2 fully saturated rings. The van der Waals surface area contributed by atoms with Crippen LogP contribution in [0.1, 0.15) is 12.1 Å². The van der Waals surface area contributed by atoms with E-state index in [1.54, 1.807) is 0 Å². The second kappa shape index (κ2) is 6.18. The third-order valence-corrected chi connectivity index (χ3v) is 4.84. The van der Waals surface area contributed by atoms with E-state index in [4.69, 9.17) is 0 Å². The summed E-state index contributed by atoms with van der Waals surface area (Å²) in [5.41, 5.74) is 0.683. The second-order valence-corrected chi connectivity index (χ2v) is 6.27. The van der Waals surface area contributed by atoms with Crippen molar-refractivity contribution in [1.82, 2.24) is 19.7 Å². The molecule has 1 aromatic heterocycles. The Morgan fingerprint density at radius 2 is 2.23 bits per heavy atom. The van der Waals surface area contributed by atoms with Crippen LogP contribution < -0.4 is 0 Å². The monoisotopic (exact) mass is 300 g/mol. The van der Waals surface area contributed by atoms with Crippen LogP contribution in [0.2, 0.25) is 0 Å². The second-order valence-electron chi connectivity index (χ2n) is 6.27. The molecule has 118 valence electrons. The molecule has 5 heteroatoms. The highest BCUT2D eigenvalue weighted by Crippen LogP contribution is 2.33. The van der Waals surface area contributed by atoms with Crippen molar-refractivity contribution in [3.8, 4) is 0 Å². The topological polar surface area (TPSA) is 39.7 Å². The summed E-state index contributed by atoms with van der Waals surface area (Å²) < 4.78 is 0. The average Bonchev–Trinajstić information content (AvgIpc) is 2.94. The van der Waals surface area contributed by atoms with Crippen molar-refractivity contribution in [2.45, 2.75) is 18.5 Å². The quantitative estimate of drug-likeness (QED) is 0.777. The maximum absolute atomic E-state index is 12.8. The van der Waals surface area contributed by atoms with Crippen LogP contribution in [0, 0.1) is 0 Å². The molecule has 1 spiro atoms. The molecule has 0 bridgehead atoms. The van der Waals surface area contributed by atoms with Crippen LogP contribution >= 0.6 is 0 Å². The molecule has 0 saturated carbocycles. The van der Waals surface area contributed by atoms with Crippen molar-refractivity contribution in [2.75, 3.05) is 39.8 Å². The van der Waals surface area contributed by atoms with Gasteiger partial charge in [0.2, 0.25) is 5.91 Å². The molecule has 1 unspecified atom stereocenters. The number of rotatable bonds is 4. The zero-order valence-corrected chi connectivity index (χ0v) is 13.2. The molecular weight excluding hydrogens is 276 g/mol. The molecule has 2 saturated heterocycles. The Morgan fingerprint density at radius 3 is 2.95 bits per heavy atom. The van der Waals surface area contributed by atoms with Crippen LogP contribution in [0.25, 0.3) is 0 Å². The number of likely N-dealkylation sites (N-methyl/N-ethyl adjacent to an activating group) is 1. The van der Waals surface area contributed by atoms with Gasteiger partial charge in [-0.15, -0.1) is 6.58 Å². The lowest BCUT2D eigenvalue weighted by Gasteiger charge is -2.46. The van der Waals surface area contributed by atoms with E-state index in [0.717, 1.165) is 51.4 Å². The highest BCUT2D eigenvalue weighted by atomic mass is 16.2. The number of hydrogen-bond donors (Lipinski definition) is 0. The zero-order valence-electron chi connectivity index (χ0n) is 13.2. The summed E-state index contributed by atoms with van der Waals surface area (Å²) in [6.07, 6.45) is 4.61. The standard InChI is InChI=1S/C17H24N4O/c1-3-9-21-12-11-19(2)16(22)17(21)7-10-20(14-17)13-15-6-4-5-8-18-15/h3-6,8H,1,7,9-14H2,2H3. The van der Waals surface area contributed by atoms with E-state index in [2.05, 4.69) is 21.4 Å². The summed E-state index contributed by atoms with van der Waals surface area (Å²) in [5.74, 6) is 0.254. The van der Waals surface area contributed by atoms with Crippen LogP contribution in [0.5, 0.6) is 0 Å². The number of carbonyl (C=O) groups is 1. The number of aromatic nitrogens is 1. The number of pyridine rings is 1. The Kier molecular flexibility index (Phi) is 4.27. The number of nitrogens with zero attached hydrogens (tertiary/aromatic N) is 4.